The molecule has 0 aromatic rings. The largest absolute Gasteiger partial charge is 0.457 e. The Morgan fingerprint density at radius 1 is 0.887 bits per heavy atom. The first-order valence-electron chi connectivity index (χ1n) is 19.7. The summed E-state index contributed by atoms with van der Waals surface area (Å²) in [6.45, 7) is 15.7. The molecule has 0 amide bonds. The molecular formula is C40H69NO12. The minimum Gasteiger partial charge on any atom is -0.457 e. The highest BCUT2D eigenvalue weighted by atomic mass is 16.7. The van der Waals surface area contributed by atoms with Gasteiger partial charge < -0.3 is 53.7 Å². The van der Waals surface area contributed by atoms with Crippen LogP contribution in [-0.2, 0) is 38.0 Å². The number of carbonyl (C=O) groups excluding carboxylic acids is 2. The van der Waals surface area contributed by atoms with Crippen molar-refractivity contribution in [1.29, 1.82) is 0 Å². The second kappa shape index (κ2) is 17.7. The van der Waals surface area contributed by atoms with Crippen LogP contribution in [0.2, 0.25) is 0 Å². The number of carbonyl (C=O) groups is 2. The molecule has 0 spiro atoms. The zero-order valence-corrected chi connectivity index (χ0v) is 34.1. The topological polar surface area (TPSA) is 174 Å². The molecule has 3 saturated heterocycles. The van der Waals surface area contributed by atoms with Crippen LogP contribution in [0.15, 0.2) is 11.6 Å². The van der Waals surface area contributed by atoms with E-state index in [4.69, 9.17) is 28.4 Å². The highest BCUT2D eigenvalue weighted by molar-refractivity contribution is 5.83. The Labute approximate surface area is 316 Å². The van der Waals surface area contributed by atoms with Gasteiger partial charge in [-0.25, -0.2) is 0 Å². The van der Waals surface area contributed by atoms with E-state index in [9.17, 15) is 30.0 Å². The van der Waals surface area contributed by atoms with Gasteiger partial charge in [0.25, 0.3) is 0 Å². The van der Waals surface area contributed by atoms with Gasteiger partial charge in [-0.15, -0.1) is 0 Å². The van der Waals surface area contributed by atoms with E-state index in [1.807, 2.05) is 32.0 Å². The van der Waals surface area contributed by atoms with Crippen LogP contribution in [0.4, 0.5) is 0 Å². The molecule has 0 bridgehead atoms. The van der Waals surface area contributed by atoms with Crippen LogP contribution in [0.3, 0.4) is 0 Å². The SMILES string of the molecule is CO[C@]1(C)C[C@H](O[C@H]2[C@H](C)[C@@H](O[C@@H]3O[C@H](C)C[C@H](N(C)C)[C@H]3O)[C@@](C)(O)C[C@@H](C)C(=O)[C@H](C)[C@@H](O)[C@@H](C)[C@@H](C3=CCCC3)OC(=O)[C@@H]2C)O[C@@H](C)[C@@H]1O. The molecule has 306 valence electrons. The molecule has 4 rings (SSSR count). The van der Waals surface area contributed by atoms with E-state index in [0.717, 1.165) is 18.4 Å². The third-order valence-corrected chi connectivity index (χ3v) is 12.7. The van der Waals surface area contributed by atoms with E-state index in [-0.39, 0.29) is 30.8 Å². The fourth-order valence-corrected chi connectivity index (χ4v) is 9.20. The molecule has 18 atom stereocenters. The maximum atomic E-state index is 14.4. The standard InChI is InChI=1S/C40H69NO12/c1-20-18-39(8,47)36(53-38-32(44)28(41(10)11)17-21(2)49-38)24(5)33(51-29-19-40(9,48-12)35(45)26(7)50-29)25(6)37(46)52-34(27-15-13-14-16-27)23(4)31(43)22(3)30(20)42/h15,20-26,28-29,31-36,38,43-45,47H,13-14,16-19H2,1-12H3/t20-,21-,22+,23-,24+,25-,26+,28+,29+,31-,32-,33+,34+,35+,36-,38+,39+,40-/m1/s1. The van der Waals surface area contributed by atoms with Crippen LogP contribution < -0.4 is 0 Å². The van der Waals surface area contributed by atoms with Crippen molar-refractivity contribution in [3.05, 3.63) is 11.6 Å². The number of ether oxygens (including phenoxy) is 6. The Balaban J connectivity index is 1.83. The van der Waals surface area contributed by atoms with E-state index in [0.29, 0.717) is 12.8 Å². The zero-order chi connectivity index (χ0) is 39.7. The summed E-state index contributed by atoms with van der Waals surface area (Å²) in [6.07, 6.45) is -4.01. The van der Waals surface area contributed by atoms with E-state index in [1.54, 1.807) is 55.4 Å². The average Bonchev–Trinajstić information content (AvgIpc) is 3.64. The molecule has 3 aliphatic heterocycles. The van der Waals surface area contributed by atoms with Gasteiger partial charge in [0.2, 0.25) is 0 Å². The molecule has 1 aliphatic carbocycles. The van der Waals surface area contributed by atoms with Crippen molar-refractivity contribution in [1.82, 2.24) is 4.90 Å². The first kappa shape index (κ1) is 44.2. The lowest BCUT2D eigenvalue weighted by Crippen LogP contribution is -2.60. The lowest BCUT2D eigenvalue weighted by Gasteiger charge is -2.49. The predicted octanol–water partition coefficient (Wildman–Crippen LogP) is 3.37. The average molecular weight is 756 g/mol. The number of Topliss-reactive ketones (excluding diaryl/α,β-unsaturated/α-hetero) is 1. The van der Waals surface area contributed by atoms with Gasteiger partial charge in [0.1, 0.15) is 24.1 Å². The molecule has 4 N–H and O–H groups in total. The zero-order valence-electron chi connectivity index (χ0n) is 34.1. The van der Waals surface area contributed by atoms with Gasteiger partial charge in [0, 0.05) is 43.2 Å². The van der Waals surface area contributed by atoms with E-state index in [1.165, 1.54) is 7.11 Å². The van der Waals surface area contributed by atoms with E-state index >= 15 is 0 Å². The Kier molecular flexibility index (Phi) is 14.8. The number of aliphatic hydroxyl groups is 4. The maximum absolute atomic E-state index is 14.4. The Hall–Kier alpha value is -1.52. The second-order valence-corrected chi connectivity index (χ2v) is 17.3. The lowest BCUT2D eigenvalue weighted by atomic mass is 9.74. The van der Waals surface area contributed by atoms with Gasteiger partial charge in [-0.2, -0.15) is 0 Å². The normalized spacial score (nSPS) is 48.3. The van der Waals surface area contributed by atoms with Gasteiger partial charge in [0.05, 0.1) is 47.6 Å². The summed E-state index contributed by atoms with van der Waals surface area (Å²) in [5.41, 5.74) is -1.84. The second-order valence-electron chi connectivity index (χ2n) is 17.3. The minimum atomic E-state index is -1.73. The van der Waals surface area contributed by atoms with Gasteiger partial charge in [-0.1, -0.05) is 33.8 Å². The summed E-state index contributed by atoms with van der Waals surface area (Å²) in [6, 6.07) is -0.301. The van der Waals surface area contributed by atoms with Crippen LogP contribution in [0, 0.1) is 29.6 Å². The molecule has 0 unspecified atom stereocenters. The Morgan fingerprint density at radius 2 is 1.55 bits per heavy atom. The monoisotopic (exact) mass is 755 g/mol. The molecule has 53 heavy (non-hydrogen) atoms. The number of likely N-dealkylation sites (N-methyl/N-ethyl adjacent to an activating group) is 1. The summed E-state index contributed by atoms with van der Waals surface area (Å²) < 4.78 is 37.8. The number of nitrogens with zero attached hydrogens (tertiary/aromatic N) is 1. The van der Waals surface area contributed by atoms with Crippen LogP contribution in [0.5, 0.6) is 0 Å². The highest BCUT2D eigenvalue weighted by Crippen LogP contribution is 2.41. The molecule has 13 nitrogen and oxygen atoms in total. The van der Waals surface area contributed by atoms with Crippen molar-refractivity contribution in [2.75, 3.05) is 21.2 Å². The fourth-order valence-electron chi connectivity index (χ4n) is 9.20. The number of rotatable bonds is 7. The molecule has 0 aromatic carbocycles. The number of cyclic esters (lactones) is 1. The molecule has 4 aliphatic rings. The number of methoxy groups -OCH3 is 1. The first-order chi connectivity index (χ1) is 24.6. The number of esters is 1. The maximum Gasteiger partial charge on any atom is 0.311 e. The predicted molar refractivity (Wildman–Crippen MR) is 196 cm³/mol. The Morgan fingerprint density at radius 3 is 2.13 bits per heavy atom. The number of hydrogen-bond acceptors (Lipinski definition) is 13. The summed E-state index contributed by atoms with van der Waals surface area (Å²) in [5.74, 6) is -4.68. The van der Waals surface area contributed by atoms with Gasteiger partial charge in [0.15, 0.2) is 12.6 Å². The minimum absolute atomic E-state index is 0.0488. The summed E-state index contributed by atoms with van der Waals surface area (Å²) in [7, 11) is 5.25. The molecule has 13 heteroatoms. The van der Waals surface area contributed by atoms with E-state index < -0.39 is 102 Å². The number of hydrogen-bond donors (Lipinski definition) is 4. The molecule has 3 heterocycles. The third kappa shape index (κ3) is 9.72. The number of allylic oxidation sites excluding steroid dienone is 1. The smallest absolute Gasteiger partial charge is 0.311 e. The van der Waals surface area contributed by atoms with Crippen molar-refractivity contribution in [3.8, 4) is 0 Å². The van der Waals surface area contributed by atoms with Crippen LogP contribution in [0.25, 0.3) is 0 Å². The van der Waals surface area contributed by atoms with Gasteiger partial charge in [-0.3, -0.25) is 9.59 Å². The molecule has 0 radical (unpaired) electrons. The molecule has 3 fully saturated rings. The number of aliphatic hydroxyl groups excluding tert-OH is 3. The fraction of sp³-hybridized carbons (Fsp3) is 0.900. The first-order valence-corrected chi connectivity index (χ1v) is 19.7. The van der Waals surface area contributed by atoms with Crippen molar-refractivity contribution >= 4 is 11.8 Å². The van der Waals surface area contributed by atoms with Crippen LogP contribution in [-0.4, -0.2) is 137 Å². The quantitative estimate of drug-likeness (QED) is 0.220. The molecule has 0 saturated carbocycles. The summed E-state index contributed by atoms with van der Waals surface area (Å²) in [5, 5.41) is 46.6. The summed E-state index contributed by atoms with van der Waals surface area (Å²) in [4.78, 5) is 30.3. The van der Waals surface area contributed by atoms with Crippen LogP contribution >= 0.6 is 0 Å². The van der Waals surface area contributed by atoms with Crippen molar-refractivity contribution in [3.63, 3.8) is 0 Å². The van der Waals surface area contributed by atoms with E-state index in [2.05, 4.69) is 0 Å². The van der Waals surface area contributed by atoms with Gasteiger partial charge >= 0.3 is 5.97 Å². The van der Waals surface area contributed by atoms with Crippen LogP contribution in [0.1, 0.15) is 101 Å². The van der Waals surface area contributed by atoms with Crippen molar-refractivity contribution < 1.29 is 58.4 Å². The van der Waals surface area contributed by atoms with Crippen molar-refractivity contribution in [2.24, 2.45) is 29.6 Å². The number of ketones is 1. The molecular weight excluding hydrogens is 686 g/mol. The van der Waals surface area contributed by atoms with Crippen molar-refractivity contribution in [2.45, 2.75) is 179 Å². The molecule has 0 aromatic heterocycles. The highest BCUT2D eigenvalue weighted by Gasteiger charge is 2.52. The Bertz CT molecular complexity index is 1280. The van der Waals surface area contributed by atoms with Gasteiger partial charge in [-0.05, 0) is 86.4 Å². The lowest BCUT2D eigenvalue weighted by molar-refractivity contribution is -0.317. The third-order valence-electron chi connectivity index (χ3n) is 12.7. The summed E-state index contributed by atoms with van der Waals surface area (Å²) >= 11 is 0.